The molecule has 4 aromatic heterocycles. The van der Waals surface area contributed by atoms with Crippen molar-refractivity contribution in [3.8, 4) is 0 Å². The smallest absolute Gasteiger partial charge is 0.251 e. The molecule has 5 rings (SSSR count). The number of halogens is 1. The average Bonchev–Trinajstić information content (AvgIpc) is 3.39. The van der Waals surface area contributed by atoms with Crippen molar-refractivity contribution < 1.29 is 4.79 Å². The zero-order valence-electron chi connectivity index (χ0n) is 16.4. The maximum atomic E-state index is 12.5. The van der Waals surface area contributed by atoms with Crippen LogP contribution in [0.1, 0.15) is 21.7 Å². The number of aromatic nitrogens is 4. The topological polar surface area (TPSA) is 63.7 Å². The van der Waals surface area contributed by atoms with Gasteiger partial charge in [-0.05, 0) is 48.5 Å². The lowest BCUT2D eigenvalue weighted by atomic mass is 10.2. The number of pyridine rings is 2. The Morgan fingerprint density at radius 2 is 1.68 bits per heavy atom. The number of benzene rings is 1. The number of fused-ring (bicyclic) bond motifs is 2. The fraction of sp³-hybridized carbons (Fsp3) is 0.0870. The van der Waals surface area contributed by atoms with Crippen LogP contribution in [0.5, 0.6) is 0 Å². The molecule has 0 aliphatic carbocycles. The second kappa shape index (κ2) is 8.45. The van der Waals surface area contributed by atoms with Crippen molar-refractivity contribution in [2.45, 2.75) is 17.2 Å². The molecule has 0 aliphatic heterocycles. The van der Waals surface area contributed by atoms with E-state index in [-0.39, 0.29) is 5.91 Å². The maximum Gasteiger partial charge on any atom is 0.251 e. The first-order chi connectivity index (χ1) is 15.1. The first-order valence-corrected chi connectivity index (χ1v) is 11.1. The lowest BCUT2D eigenvalue weighted by molar-refractivity contribution is 0.0950. The third-order valence-electron chi connectivity index (χ3n) is 4.81. The number of thioether (sulfide) groups is 1. The molecule has 0 spiro atoms. The van der Waals surface area contributed by atoms with E-state index in [4.69, 9.17) is 11.6 Å². The summed E-state index contributed by atoms with van der Waals surface area (Å²) in [6.07, 6.45) is 7.68. The molecule has 1 N–H and O–H groups in total. The van der Waals surface area contributed by atoms with E-state index < -0.39 is 0 Å². The van der Waals surface area contributed by atoms with Gasteiger partial charge in [-0.1, -0.05) is 17.7 Å². The van der Waals surface area contributed by atoms with E-state index in [1.54, 1.807) is 24.0 Å². The number of nitrogens with one attached hydrogen (secondary N) is 1. The summed E-state index contributed by atoms with van der Waals surface area (Å²) in [5, 5.41) is 3.55. The van der Waals surface area contributed by atoms with Gasteiger partial charge in [0, 0.05) is 41.0 Å². The lowest BCUT2D eigenvalue weighted by Crippen LogP contribution is -2.22. The Bertz CT molecular complexity index is 1340. The van der Waals surface area contributed by atoms with Crippen molar-refractivity contribution in [3.05, 3.63) is 101 Å². The Morgan fingerprint density at radius 1 is 0.903 bits per heavy atom. The Morgan fingerprint density at radius 3 is 2.52 bits per heavy atom. The molecule has 0 fully saturated rings. The van der Waals surface area contributed by atoms with Crippen LogP contribution >= 0.6 is 23.4 Å². The molecule has 0 saturated heterocycles. The molecule has 0 unspecified atom stereocenters. The van der Waals surface area contributed by atoms with Crippen LogP contribution in [0, 0.1) is 0 Å². The second-order valence-electron chi connectivity index (χ2n) is 7.04. The molecule has 8 heteroatoms. The number of nitrogens with zero attached hydrogens (tertiary/aromatic N) is 4. The van der Waals surface area contributed by atoms with Gasteiger partial charge in [-0.2, -0.15) is 0 Å². The number of carbonyl (C=O) groups is 1. The highest BCUT2D eigenvalue weighted by Gasteiger charge is 2.08. The number of amides is 1. The zero-order valence-corrected chi connectivity index (χ0v) is 18.0. The lowest BCUT2D eigenvalue weighted by Gasteiger charge is -2.05. The van der Waals surface area contributed by atoms with E-state index in [1.807, 2.05) is 75.9 Å². The number of imidazole rings is 2. The van der Waals surface area contributed by atoms with Crippen molar-refractivity contribution in [2.24, 2.45) is 0 Å². The zero-order chi connectivity index (χ0) is 21.2. The number of rotatable bonds is 6. The first-order valence-electron chi connectivity index (χ1n) is 9.71. The highest BCUT2D eigenvalue weighted by Crippen LogP contribution is 2.23. The molecule has 0 saturated carbocycles. The van der Waals surface area contributed by atoms with Crippen molar-refractivity contribution in [3.63, 3.8) is 0 Å². The SMILES string of the molecule is O=C(NCc1cn2cc(Cl)ccc2n1)c1ccc(SCc2cn3ccccc3n2)cc1. The predicted octanol–water partition coefficient (Wildman–Crippen LogP) is 4.86. The summed E-state index contributed by atoms with van der Waals surface area (Å²) in [4.78, 5) is 22.7. The van der Waals surface area contributed by atoms with E-state index in [1.165, 1.54) is 0 Å². The molecule has 154 valence electrons. The van der Waals surface area contributed by atoms with Crippen molar-refractivity contribution >= 4 is 40.6 Å². The molecule has 5 aromatic rings. The number of hydrogen-bond acceptors (Lipinski definition) is 4. The molecule has 1 amide bonds. The highest BCUT2D eigenvalue weighted by molar-refractivity contribution is 7.98. The van der Waals surface area contributed by atoms with E-state index >= 15 is 0 Å². The Labute approximate surface area is 187 Å². The summed E-state index contributed by atoms with van der Waals surface area (Å²) in [7, 11) is 0. The molecular weight excluding hydrogens is 430 g/mol. The van der Waals surface area contributed by atoms with Crippen molar-refractivity contribution in [2.75, 3.05) is 0 Å². The largest absolute Gasteiger partial charge is 0.346 e. The molecule has 0 aliphatic rings. The second-order valence-corrected chi connectivity index (χ2v) is 8.52. The van der Waals surface area contributed by atoms with Gasteiger partial charge in [-0.3, -0.25) is 4.79 Å². The van der Waals surface area contributed by atoms with Gasteiger partial charge in [0.2, 0.25) is 0 Å². The molecule has 0 radical (unpaired) electrons. The molecule has 4 heterocycles. The quantitative estimate of drug-likeness (QED) is 0.378. The maximum absolute atomic E-state index is 12.5. The molecule has 1 aromatic carbocycles. The fourth-order valence-corrected chi connectivity index (χ4v) is 4.24. The van der Waals surface area contributed by atoms with Gasteiger partial charge >= 0.3 is 0 Å². The molecular formula is C23H18ClN5OS. The van der Waals surface area contributed by atoms with Crippen LogP contribution in [0.2, 0.25) is 5.02 Å². The van der Waals surface area contributed by atoms with Gasteiger partial charge < -0.3 is 14.1 Å². The minimum absolute atomic E-state index is 0.132. The predicted molar refractivity (Wildman–Crippen MR) is 123 cm³/mol. The van der Waals surface area contributed by atoms with E-state index in [9.17, 15) is 4.79 Å². The van der Waals surface area contributed by atoms with Gasteiger partial charge in [0.05, 0.1) is 23.0 Å². The Balaban J connectivity index is 1.18. The first kappa shape index (κ1) is 19.7. The molecule has 6 nitrogen and oxygen atoms in total. The third kappa shape index (κ3) is 4.42. The highest BCUT2D eigenvalue weighted by atomic mass is 35.5. The van der Waals surface area contributed by atoms with Crippen LogP contribution in [-0.4, -0.2) is 24.7 Å². The van der Waals surface area contributed by atoms with E-state index in [0.717, 1.165) is 33.3 Å². The van der Waals surface area contributed by atoms with Crippen LogP contribution < -0.4 is 5.32 Å². The van der Waals surface area contributed by atoms with Gasteiger partial charge in [0.1, 0.15) is 11.3 Å². The average molecular weight is 448 g/mol. The summed E-state index contributed by atoms with van der Waals surface area (Å²) < 4.78 is 3.86. The minimum atomic E-state index is -0.132. The standard InChI is InChI=1S/C23H18ClN5OS/c24-17-6-9-22-26-18(13-29(22)12-17)11-25-23(30)16-4-7-20(8-5-16)31-15-19-14-28-10-2-1-3-21(28)27-19/h1-10,12-14H,11,15H2,(H,25,30). The summed E-state index contributed by atoms with van der Waals surface area (Å²) in [6.45, 7) is 0.350. The van der Waals surface area contributed by atoms with Crippen molar-refractivity contribution in [1.29, 1.82) is 0 Å². The Hall–Kier alpha value is -3.29. The number of hydrogen-bond donors (Lipinski definition) is 1. The fourth-order valence-electron chi connectivity index (χ4n) is 3.29. The number of carbonyl (C=O) groups excluding carboxylic acids is 1. The molecule has 0 atom stereocenters. The molecule has 31 heavy (non-hydrogen) atoms. The summed E-state index contributed by atoms with van der Waals surface area (Å²) in [5.41, 5.74) is 4.14. The van der Waals surface area contributed by atoms with Gasteiger partial charge in [-0.25, -0.2) is 9.97 Å². The van der Waals surface area contributed by atoms with Gasteiger partial charge in [0.15, 0.2) is 0 Å². The van der Waals surface area contributed by atoms with Crippen LogP contribution in [0.4, 0.5) is 0 Å². The van der Waals surface area contributed by atoms with E-state index in [0.29, 0.717) is 17.1 Å². The van der Waals surface area contributed by atoms with Gasteiger partial charge in [0.25, 0.3) is 5.91 Å². The summed E-state index contributed by atoms with van der Waals surface area (Å²) in [6, 6.07) is 17.2. The van der Waals surface area contributed by atoms with Crippen LogP contribution in [0.3, 0.4) is 0 Å². The van der Waals surface area contributed by atoms with E-state index in [2.05, 4.69) is 15.3 Å². The van der Waals surface area contributed by atoms with Gasteiger partial charge in [-0.15, -0.1) is 11.8 Å². The minimum Gasteiger partial charge on any atom is -0.346 e. The normalized spacial score (nSPS) is 11.3. The Kier molecular flexibility index (Phi) is 5.36. The van der Waals surface area contributed by atoms with Crippen molar-refractivity contribution in [1.82, 2.24) is 24.1 Å². The molecule has 0 bridgehead atoms. The third-order valence-corrected chi connectivity index (χ3v) is 6.08. The van der Waals surface area contributed by atoms with Crippen LogP contribution in [-0.2, 0) is 12.3 Å². The summed E-state index contributed by atoms with van der Waals surface area (Å²) in [5.74, 6) is 0.637. The monoisotopic (exact) mass is 447 g/mol. The van der Waals surface area contributed by atoms with Crippen LogP contribution in [0.25, 0.3) is 11.3 Å². The van der Waals surface area contributed by atoms with Crippen LogP contribution in [0.15, 0.2) is 84.3 Å². The summed E-state index contributed by atoms with van der Waals surface area (Å²) >= 11 is 7.69.